The van der Waals surface area contributed by atoms with E-state index < -0.39 is 23.6 Å². The van der Waals surface area contributed by atoms with Gasteiger partial charge in [-0.15, -0.1) is 0 Å². The van der Waals surface area contributed by atoms with E-state index in [1.54, 1.807) is 18.2 Å². The number of anilines is 1. The quantitative estimate of drug-likeness (QED) is 0.425. The van der Waals surface area contributed by atoms with E-state index in [2.05, 4.69) is 5.32 Å². The Morgan fingerprint density at radius 3 is 2.52 bits per heavy atom. The average molecular weight is 450 g/mol. The first-order valence-electron chi connectivity index (χ1n) is 9.05. The number of methoxy groups -OCH3 is 1. The zero-order valence-electron chi connectivity index (χ0n) is 16.4. The minimum absolute atomic E-state index is 0.111. The molecule has 0 spiro atoms. The van der Waals surface area contributed by atoms with Gasteiger partial charge in [-0.2, -0.15) is 13.2 Å². The molecule has 0 aromatic heterocycles. The van der Waals surface area contributed by atoms with Crippen LogP contribution in [0, 0.1) is 0 Å². The van der Waals surface area contributed by atoms with Gasteiger partial charge in [0.15, 0.2) is 16.6 Å². The van der Waals surface area contributed by atoms with E-state index in [0.717, 1.165) is 23.1 Å². The Kier molecular flexibility index (Phi) is 6.30. The Balaban J connectivity index is 2.00. The third-order valence-electron chi connectivity index (χ3n) is 4.33. The van der Waals surface area contributed by atoms with Gasteiger partial charge in [0, 0.05) is 0 Å². The lowest BCUT2D eigenvalue weighted by molar-refractivity contribution is -0.137. The minimum atomic E-state index is -4.60. The maximum Gasteiger partial charge on any atom is 0.416 e. The number of alkyl halides is 3. The third-order valence-corrected chi connectivity index (χ3v) is 4.62. The zero-order chi connectivity index (χ0) is 22.8. The minimum Gasteiger partial charge on any atom is -0.493 e. The number of hydrogen-bond acceptors (Lipinski definition) is 5. The highest BCUT2D eigenvalue weighted by molar-refractivity contribution is 7.80. The van der Waals surface area contributed by atoms with Gasteiger partial charge < -0.3 is 9.47 Å². The molecule has 3 rings (SSSR count). The van der Waals surface area contributed by atoms with E-state index in [1.165, 1.54) is 19.3 Å². The maximum absolute atomic E-state index is 13.1. The van der Waals surface area contributed by atoms with E-state index in [-0.39, 0.29) is 16.4 Å². The lowest BCUT2D eigenvalue weighted by Gasteiger charge is -2.29. The van der Waals surface area contributed by atoms with E-state index in [1.807, 2.05) is 6.92 Å². The van der Waals surface area contributed by atoms with Crippen LogP contribution in [-0.2, 0) is 15.8 Å². The molecule has 1 aliphatic heterocycles. The van der Waals surface area contributed by atoms with Gasteiger partial charge in [0.05, 0.1) is 25.0 Å². The number of halogens is 3. The van der Waals surface area contributed by atoms with Crippen LogP contribution in [0.1, 0.15) is 18.1 Å². The predicted octanol–water partition coefficient (Wildman–Crippen LogP) is 3.94. The summed E-state index contributed by atoms with van der Waals surface area (Å²) in [7, 11) is 1.45. The van der Waals surface area contributed by atoms with Crippen molar-refractivity contribution in [2.45, 2.75) is 13.1 Å². The van der Waals surface area contributed by atoms with Crippen LogP contribution in [0.3, 0.4) is 0 Å². The van der Waals surface area contributed by atoms with Gasteiger partial charge in [-0.3, -0.25) is 19.8 Å². The van der Waals surface area contributed by atoms with Crippen molar-refractivity contribution in [1.82, 2.24) is 5.32 Å². The molecular weight excluding hydrogens is 433 g/mol. The number of amides is 2. The summed E-state index contributed by atoms with van der Waals surface area (Å²) in [6.45, 7) is 2.23. The lowest BCUT2D eigenvalue weighted by Crippen LogP contribution is -2.54. The first kappa shape index (κ1) is 22.3. The van der Waals surface area contributed by atoms with Crippen LogP contribution in [0.5, 0.6) is 11.5 Å². The number of thiocarbonyl (C=S) groups is 1. The van der Waals surface area contributed by atoms with Crippen LogP contribution in [0.2, 0.25) is 0 Å². The first-order valence-corrected chi connectivity index (χ1v) is 9.46. The normalized spacial score (nSPS) is 15.8. The molecule has 0 aliphatic carbocycles. The maximum atomic E-state index is 13.1. The Bertz CT molecular complexity index is 1080. The Hall–Kier alpha value is -3.40. The largest absolute Gasteiger partial charge is 0.493 e. The summed E-state index contributed by atoms with van der Waals surface area (Å²) in [5, 5.41) is 2.03. The second-order valence-electron chi connectivity index (χ2n) is 6.35. The standard InChI is InChI=1S/C21H17F3N2O4S/c1-3-30-16-8-7-12(10-17(16)29-2)9-15-18(27)25-20(31)26(19(15)28)14-6-4-5-13(11-14)21(22,23)24/h4-11H,3H2,1-2H3,(H,25,27,31)/b15-9+. The summed E-state index contributed by atoms with van der Waals surface area (Å²) in [5.41, 5.74) is -0.896. The number of hydrogen-bond donors (Lipinski definition) is 1. The number of benzene rings is 2. The molecule has 162 valence electrons. The summed E-state index contributed by atoms with van der Waals surface area (Å²) in [6, 6.07) is 8.93. The molecule has 6 nitrogen and oxygen atoms in total. The molecule has 2 aromatic rings. The molecule has 1 heterocycles. The van der Waals surface area contributed by atoms with Crippen LogP contribution >= 0.6 is 12.2 Å². The van der Waals surface area contributed by atoms with Crippen molar-refractivity contribution in [2.75, 3.05) is 18.6 Å². The fourth-order valence-corrected chi connectivity index (χ4v) is 3.21. The Labute approximate surface area is 181 Å². The van der Waals surface area contributed by atoms with Crippen LogP contribution in [0.25, 0.3) is 6.08 Å². The number of carbonyl (C=O) groups excluding carboxylic acids is 2. The molecule has 0 saturated carbocycles. The van der Waals surface area contributed by atoms with E-state index in [4.69, 9.17) is 21.7 Å². The molecule has 0 bridgehead atoms. The molecule has 1 aliphatic rings. The number of carbonyl (C=O) groups is 2. The first-order chi connectivity index (χ1) is 14.7. The summed E-state index contributed by atoms with van der Waals surface area (Å²) in [6.07, 6.45) is -3.30. The van der Waals surface area contributed by atoms with Gasteiger partial charge in [0.2, 0.25) is 0 Å². The molecule has 0 unspecified atom stereocenters. The average Bonchev–Trinajstić information content (AvgIpc) is 2.71. The smallest absolute Gasteiger partial charge is 0.416 e. The summed E-state index contributed by atoms with van der Waals surface area (Å²) in [5.74, 6) is -0.726. The van der Waals surface area contributed by atoms with Crippen LogP contribution in [-0.4, -0.2) is 30.6 Å². The number of nitrogens with zero attached hydrogens (tertiary/aromatic N) is 1. The van der Waals surface area contributed by atoms with Crippen molar-refractivity contribution >= 4 is 40.9 Å². The topological polar surface area (TPSA) is 67.9 Å². The van der Waals surface area contributed by atoms with Crippen molar-refractivity contribution in [3.8, 4) is 11.5 Å². The molecule has 0 atom stereocenters. The number of nitrogens with one attached hydrogen (secondary N) is 1. The summed E-state index contributed by atoms with van der Waals surface area (Å²) >= 11 is 5.03. The Morgan fingerprint density at radius 1 is 1.13 bits per heavy atom. The molecule has 2 amide bonds. The molecule has 2 aromatic carbocycles. The number of rotatable bonds is 5. The van der Waals surface area contributed by atoms with E-state index >= 15 is 0 Å². The molecular formula is C21H17F3N2O4S. The van der Waals surface area contributed by atoms with Gasteiger partial charge in [0.25, 0.3) is 11.8 Å². The second-order valence-corrected chi connectivity index (χ2v) is 6.74. The van der Waals surface area contributed by atoms with Crippen LogP contribution in [0.15, 0.2) is 48.0 Å². The van der Waals surface area contributed by atoms with Crippen LogP contribution in [0.4, 0.5) is 18.9 Å². The highest BCUT2D eigenvalue weighted by Gasteiger charge is 2.36. The number of ether oxygens (including phenoxy) is 2. The van der Waals surface area contributed by atoms with Crippen molar-refractivity contribution in [3.63, 3.8) is 0 Å². The summed E-state index contributed by atoms with van der Waals surface area (Å²) < 4.78 is 49.9. The highest BCUT2D eigenvalue weighted by Crippen LogP contribution is 2.33. The van der Waals surface area contributed by atoms with Crippen molar-refractivity contribution in [3.05, 3.63) is 59.2 Å². The van der Waals surface area contributed by atoms with Gasteiger partial charge in [0.1, 0.15) is 5.57 Å². The fraction of sp³-hybridized carbons (Fsp3) is 0.190. The predicted molar refractivity (Wildman–Crippen MR) is 112 cm³/mol. The molecule has 0 radical (unpaired) electrons. The van der Waals surface area contributed by atoms with Gasteiger partial charge >= 0.3 is 6.18 Å². The molecule has 10 heteroatoms. The van der Waals surface area contributed by atoms with Gasteiger partial charge in [-0.1, -0.05) is 12.1 Å². The highest BCUT2D eigenvalue weighted by atomic mass is 32.1. The molecule has 1 saturated heterocycles. The molecule has 31 heavy (non-hydrogen) atoms. The lowest BCUT2D eigenvalue weighted by atomic mass is 10.1. The van der Waals surface area contributed by atoms with Crippen molar-refractivity contribution < 1.29 is 32.2 Å². The third kappa shape index (κ3) is 4.69. The van der Waals surface area contributed by atoms with Gasteiger partial charge in [-0.25, -0.2) is 0 Å². The van der Waals surface area contributed by atoms with Crippen LogP contribution < -0.4 is 19.7 Å². The van der Waals surface area contributed by atoms with Crippen molar-refractivity contribution in [1.29, 1.82) is 0 Å². The van der Waals surface area contributed by atoms with E-state index in [9.17, 15) is 22.8 Å². The fourth-order valence-electron chi connectivity index (χ4n) is 2.93. The summed E-state index contributed by atoms with van der Waals surface area (Å²) in [4.78, 5) is 26.3. The molecule has 1 fully saturated rings. The SMILES string of the molecule is CCOc1ccc(/C=C2\C(=O)NC(=S)N(c3cccc(C(F)(F)F)c3)C2=O)cc1OC. The van der Waals surface area contributed by atoms with Crippen molar-refractivity contribution in [2.24, 2.45) is 0 Å². The monoisotopic (exact) mass is 450 g/mol. The zero-order valence-corrected chi connectivity index (χ0v) is 17.3. The Morgan fingerprint density at radius 2 is 1.87 bits per heavy atom. The van der Waals surface area contributed by atoms with E-state index in [0.29, 0.717) is 23.7 Å². The van der Waals surface area contributed by atoms with Gasteiger partial charge in [-0.05, 0) is 61.1 Å². The second kappa shape index (κ2) is 8.76. The molecule has 1 N–H and O–H groups in total.